The van der Waals surface area contributed by atoms with E-state index >= 15 is 0 Å². The highest BCUT2D eigenvalue weighted by atomic mass is 127. The van der Waals surface area contributed by atoms with Crippen LogP contribution in [0.1, 0.15) is 43.4 Å². The van der Waals surface area contributed by atoms with Crippen molar-refractivity contribution in [3.8, 4) is 0 Å². The number of hydrogen-bond acceptors (Lipinski definition) is 3. The fourth-order valence-corrected chi connectivity index (χ4v) is 3.71. The Labute approximate surface area is 161 Å². The van der Waals surface area contributed by atoms with Gasteiger partial charge in [0.1, 0.15) is 0 Å². The molecule has 0 aliphatic heterocycles. The molecule has 0 radical (unpaired) electrons. The molecule has 1 aromatic heterocycles. The molecule has 2 rings (SSSR count). The van der Waals surface area contributed by atoms with Crippen LogP contribution < -0.4 is 10.6 Å². The number of hydrogen-bond donors (Lipinski definition) is 2. The lowest BCUT2D eigenvalue weighted by Gasteiger charge is -2.42. The van der Waals surface area contributed by atoms with E-state index in [-0.39, 0.29) is 24.0 Å². The normalized spacial score (nSPS) is 17.8. The topological polar surface area (TPSA) is 45.7 Å². The van der Waals surface area contributed by atoms with Gasteiger partial charge in [-0.15, -0.1) is 35.3 Å². The fourth-order valence-electron chi connectivity index (χ4n) is 2.92. The van der Waals surface area contributed by atoms with Gasteiger partial charge in [-0.3, -0.25) is 4.99 Å². The summed E-state index contributed by atoms with van der Waals surface area (Å²) in [5, 5.41) is 9.09. The number of nitrogens with one attached hydrogen (secondary N) is 2. The average Bonchev–Trinajstić information content (AvgIpc) is 3.02. The lowest BCUT2D eigenvalue weighted by atomic mass is 9.67. The Morgan fingerprint density at radius 1 is 1.43 bits per heavy atom. The number of rotatable bonds is 8. The van der Waals surface area contributed by atoms with Gasteiger partial charge < -0.3 is 15.4 Å². The smallest absolute Gasteiger partial charge is 0.191 e. The quantitative estimate of drug-likeness (QED) is 0.359. The predicted octanol–water partition coefficient (Wildman–Crippen LogP) is 3.84. The largest absolute Gasteiger partial charge is 0.385 e. The van der Waals surface area contributed by atoms with Crippen molar-refractivity contribution in [1.29, 1.82) is 0 Å². The molecule has 1 heterocycles. The molecule has 0 bridgehead atoms. The maximum Gasteiger partial charge on any atom is 0.191 e. The van der Waals surface area contributed by atoms with Crippen molar-refractivity contribution in [2.45, 2.75) is 38.5 Å². The monoisotopic (exact) mass is 451 g/mol. The Kier molecular flexibility index (Phi) is 9.46. The van der Waals surface area contributed by atoms with Gasteiger partial charge in [0.05, 0.1) is 0 Å². The van der Waals surface area contributed by atoms with Crippen molar-refractivity contribution in [3.63, 3.8) is 0 Å². The van der Waals surface area contributed by atoms with Gasteiger partial charge in [-0.25, -0.2) is 0 Å². The number of methoxy groups -OCH3 is 1. The number of thiophene rings is 1. The molecule has 0 aromatic carbocycles. The first-order chi connectivity index (χ1) is 10.7. The molecule has 6 heteroatoms. The van der Waals surface area contributed by atoms with Crippen LogP contribution in [0.5, 0.6) is 0 Å². The summed E-state index contributed by atoms with van der Waals surface area (Å²) in [4.78, 5) is 5.76. The van der Waals surface area contributed by atoms with E-state index in [1.807, 2.05) is 18.4 Å². The molecule has 132 valence electrons. The summed E-state index contributed by atoms with van der Waals surface area (Å²) in [6, 6.07) is 4.31. The minimum absolute atomic E-state index is 0. The van der Waals surface area contributed by atoms with Crippen molar-refractivity contribution >= 4 is 41.3 Å². The highest BCUT2D eigenvalue weighted by Crippen LogP contribution is 2.43. The second-order valence-corrected chi connectivity index (χ2v) is 7.30. The minimum Gasteiger partial charge on any atom is -0.385 e. The summed E-state index contributed by atoms with van der Waals surface area (Å²) in [5.74, 6) is 1.41. The van der Waals surface area contributed by atoms with E-state index in [0.717, 1.165) is 32.1 Å². The number of nitrogens with zero attached hydrogens (tertiary/aromatic N) is 1. The molecule has 0 saturated heterocycles. The highest BCUT2D eigenvalue weighted by molar-refractivity contribution is 14.0. The third-order valence-corrected chi connectivity index (χ3v) is 5.81. The summed E-state index contributed by atoms with van der Waals surface area (Å²) in [6.45, 7) is 5.00. The molecule has 4 nitrogen and oxygen atoms in total. The van der Waals surface area contributed by atoms with Crippen molar-refractivity contribution in [3.05, 3.63) is 22.4 Å². The Balaban J connectivity index is 0.00000264. The number of aliphatic imine (C=N–C) groups is 1. The highest BCUT2D eigenvalue weighted by Gasteiger charge is 2.36. The third kappa shape index (κ3) is 6.23. The van der Waals surface area contributed by atoms with Crippen LogP contribution >= 0.6 is 35.3 Å². The average molecular weight is 451 g/mol. The van der Waals surface area contributed by atoms with Gasteiger partial charge in [-0.2, -0.15) is 0 Å². The van der Waals surface area contributed by atoms with Crippen LogP contribution in [-0.4, -0.2) is 39.8 Å². The Hall–Kier alpha value is -0.340. The van der Waals surface area contributed by atoms with E-state index in [1.54, 1.807) is 7.11 Å². The van der Waals surface area contributed by atoms with Crippen LogP contribution in [0.4, 0.5) is 0 Å². The van der Waals surface area contributed by atoms with Crippen LogP contribution in [0, 0.1) is 5.41 Å². The van der Waals surface area contributed by atoms with Gasteiger partial charge in [0.15, 0.2) is 5.96 Å². The Morgan fingerprint density at radius 3 is 2.74 bits per heavy atom. The standard InChI is InChI=1S/C17H29N3OS.HI/c1-14(15-6-4-11-22-15)12-19-16(18-2)20-13-17(7-5-8-17)9-10-21-3;/h4,6,11,14H,5,7-10,12-13H2,1-3H3,(H2,18,19,20);1H. The molecule has 2 N–H and O–H groups in total. The molecule has 1 unspecified atom stereocenters. The molecule has 0 spiro atoms. The van der Waals surface area contributed by atoms with E-state index < -0.39 is 0 Å². The van der Waals surface area contributed by atoms with Crippen LogP contribution in [0.2, 0.25) is 0 Å². The van der Waals surface area contributed by atoms with Crippen molar-refractivity contribution in [1.82, 2.24) is 10.6 Å². The van der Waals surface area contributed by atoms with Crippen LogP contribution in [0.15, 0.2) is 22.5 Å². The van der Waals surface area contributed by atoms with Gasteiger partial charge in [-0.1, -0.05) is 19.4 Å². The van der Waals surface area contributed by atoms with E-state index in [1.165, 1.54) is 24.1 Å². The van der Waals surface area contributed by atoms with E-state index in [4.69, 9.17) is 4.74 Å². The van der Waals surface area contributed by atoms with Gasteiger partial charge in [0.25, 0.3) is 0 Å². The first-order valence-electron chi connectivity index (χ1n) is 8.16. The molecule has 1 aliphatic carbocycles. The predicted molar refractivity (Wildman–Crippen MR) is 110 cm³/mol. The maximum atomic E-state index is 5.25. The summed E-state index contributed by atoms with van der Waals surface area (Å²) in [5.41, 5.74) is 0.410. The van der Waals surface area contributed by atoms with Gasteiger partial charge >= 0.3 is 0 Å². The third-order valence-electron chi connectivity index (χ3n) is 4.71. The summed E-state index contributed by atoms with van der Waals surface area (Å²) in [6.07, 6.45) is 5.07. The zero-order chi connectivity index (χ0) is 15.8. The summed E-state index contributed by atoms with van der Waals surface area (Å²) < 4.78 is 5.25. The van der Waals surface area contributed by atoms with Crippen molar-refractivity contribution in [2.75, 3.05) is 33.9 Å². The first kappa shape index (κ1) is 20.7. The van der Waals surface area contributed by atoms with E-state index in [0.29, 0.717) is 11.3 Å². The lowest BCUT2D eigenvalue weighted by molar-refractivity contribution is 0.0732. The Bertz CT molecular complexity index is 460. The minimum atomic E-state index is 0. The molecule has 23 heavy (non-hydrogen) atoms. The second-order valence-electron chi connectivity index (χ2n) is 6.32. The number of guanidine groups is 1. The Morgan fingerprint density at radius 2 is 2.22 bits per heavy atom. The van der Waals surface area contributed by atoms with Gasteiger partial charge in [0.2, 0.25) is 0 Å². The van der Waals surface area contributed by atoms with Crippen molar-refractivity contribution < 1.29 is 4.74 Å². The lowest BCUT2D eigenvalue weighted by Crippen LogP contribution is -2.47. The zero-order valence-electron chi connectivity index (χ0n) is 14.4. The second kappa shape index (κ2) is 10.5. The van der Waals surface area contributed by atoms with Crippen LogP contribution in [0.3, 0.4) is 0 Å². The zero-order valence-corrected chi connectivity index (χ0v) is 17.6. The molecular formula is C17H30IN3OS. The summed E-state index contributed by atoms with van der Waals surface area (Å²) in [7, 11) is 3.62. The molecule has 1 atom stereocenters. The van der Waals surface area contributed by atoms with Crippen LogP contribution in [-0.2, 0) is 4.74 Å². The molecule has 1 fully saturated rings. The van der Waals surface area contributed by atoms with Gasteiger partial charge in [0, 0.05) is 44.6 Å². The molecule has 1 aliphatic rings. The number of halogens is 1. The molecule has 1 saturated carbocycles. The van der Waals surface area contributed by atoms with Gasteiger partial charge in [-0.05, 0) is 36.1 Å². The SMILES string of the molecule is CN=C(NCC(C)c1cccs1)NCC1(CCOC)CCC1.I. The summed E-state index contributed by atoms with van der Waals surface area (Å²) >= 11 is 1.82. The van der Waals surface area contributed by atoms with E-state index in [2.05, 4.69) is 40.1 Å². The fraction of sp³-hybridized carbons (Fsp3) is 0.706. The van der Waals surface area contributed by atoms with E-state index in [9.17, 15) is 0 Å². The molecular weight excluding hydrogens is 421 g/mol. The molecule has 1 aromatic rings. The molecule has 0 amide bonds. The number of ether oxygens (including phenoxy) is 1. The van der Waals surface area contributed by atoms with Crippen molar-refractivity contribution in [2.24, 2.45) is 10.4 Å². The van der Waals surface area contributed by atoms with Crippen LogP contribution in [0.25, 0.3) is 0 Å². The first-order valence-corrected chi connectivity index (χ1v) is 9.04. The maximum absolute atomic E-state index is 5.25.